The summed E-state index contributed by atoms with van der Waals surface area (Å²) < 4.78 is 0. The molecule has 0 saturated heterocycles. The lowest BCUT2D eigenvalue weighted by molar-refractivity contribution is -0.138. The monoisotopic (exact) mass is 216 g/mol. The van der Waals surface area contributed by atoms with Crippen LogP contribution in [-0.2, 0) is 11.2 Å². The Morgan fingerprint density at radius 3 is 2.62 bits per heavy atom. The molecule has 1 aromatic carbocycles. The molecule has 0 spiro atoms. The molecule has 0 saturated carbocycles. The Balaban J connectivity index is 2.82. The zero-order valence-corrected chi connectivity index (χ0v) is 8.24. The number of aliphatic carboxylic acids is 1. The molecule has 16 heavy (non-hydrogen) atoms. The van der Waals surface area contributed by atoms with Crippen LogP contribution in [0.4, 0.5) is 0 Å². The number of hydrogen-bond acceptors (Lipinski definition) is 3. The molecule has 0 radical (unpaired) electrons. The molecule has 6 nitrogen and oxygen atoms in total. The number of carboxylic acids is 1. The third-order valence-electron chi connectivity index (χ3n) is 1.99. The fourth-order valence-electron chi connectivity index (χ4n) is 1.18. The third-order valence-corrected chi connectivity index (χ3v) is 1.99. The SMILES string of the molecule is N#Cc1ccc(CC(N=[N+]=[N-])C(=O)O)cc1. The van der Waals surface area contributed by atoms with Crippen molar-refractivity contribution < 1.29 is 9.90 Å². The van der Waals surface area contributed by atoms with E-state index in [0.717, 1.165) is 0 Å². The summed E-state index contributed by atoms with van der Waals surface area (Å²) in [6.07, 6.45) is 0.116. The number of hydrogen-bond donors (Lipinski definition) is 1. The Morgan fingerprint density at radius 2 is 2.19 bits per heavy atom. The lowest BCUT2D eigenvalue weighted by atomic mass is 10.1. The van der Waals surface area contributed by atoms with Crippen LogP contribution in [0.1, 0.15) is 11.1 Å². The highest BCUT2D eigenvalue weighted by molar-refractivity contribution is 5.74. The lowest BCUT2D eigenvalue weighted by Gasteiger charge is -2.05. The van der Waals surface area contributed by atoms with Gasteiger partial charge in [0, 0.05) is 4.91 Å². The van der Waals surface area contributed by atoms with Crippen LogP contribution in [0.3, 0.4) is 0 Å². The summed E-state index contributed by atoms with van der Waals surface area (Å²) in [6.45, 7) is 0. The van der Waals surface area contributed by atoms with Crippen LogP contribution in [0.25, 0.3) is 10.4 Å². The van der Waals surface area contributed by atoms with E-state index in [2.05, 4.69) is 10.0 Å². The van der Waals surface area contributed by atoms with Gasteiger partial charge >= 0.3 is 5.97 Å². The van der Waals surface area contributed by atoms with E-state index in [1.54, 1.807) is 24.3 Å². The molecular formula is C10H8N4O2. The van der Waals surface area contributed by atoms with Crippen molar-refractivity contribution in [3.63, 3.8) is 0 Å². The van der Waals surface area contributed by atoms with Crippen molar-refractivity contribution in [2.24, 2.45) is 5.11 Å². The molecule has 0 amide bonds. The van der Waals surface area contributed by atoms with Crippen LogP contribution in [0, 0.1) is 11.3 Å². The van der Waals surface area contributed by atoms with Gasteiger partial charge in [0.15, 0.2) is 0 Å². The van der Waals surface area contributed by atoms with E-state index in [4.69, 9.17) is 15.9 Å². The summed E-state index contributed by atoms with van der Waals surface area (Å²) in [5.41, 5.74) is 9.40. The van der Waals surface area contributed by atoms with Crippen molar-refractivity contribution in [2.75, 3.05) is 0 Å². The Morgan fingerprint density at radius 1 is 1.56 bits per heavy atom. The predicted octanol–water partition coefficient (Wildman–Crippen LogP) is 1.86. The highest BCUT2D eigenvalue weighted by Crippen LogP contribution is 2.08. The molecule has 0 aliphatic rings. The maximum absolute atomic E-state index is 10.7. The number of benzene rings is 1. The highest BCUT2D eigenvalue weighted by atomic mass is 16.4. The van der Waals surface area contributed by atoms with Crippen molar-refractivity contribution in [3.05, 3.63) is 45.8 Å². The summed E-state index contributed by atoms with van der Waals surface area (Å²) in [5, 5.41) is 20.5. The maximum Gasteiger partial charge on any atom is 0.312 e. The first kappa shape index (κ1) is 11.6. The normalized spacial score (nSPS) is 10.9. The first-order valence-corrected chi connectivity index (χ1v) is 4.43. The number of rotatable bonds is 4. The summed E-state index contributed by atoms with van der Waals surface area (Å²) >= 11 is 0. The molecule has 0 fully saturated rings. The zero-order valence-electron chi connectivity index (χ0n) is 8.24. The summed E-state index contributed by atoms with van der Waals surface area (Å²) in [7, 11) is 0. The average molecular weight is 216 g/mol. The highest BCUT2D eigenvalue weighted by Gasteiger charge is 2.15. The Hall–Kier alpha value is -2.51. The van der Waals surface area contributed by atoms with Crippen molar-refractivity contribution in [1.82, 2.24) is 0 Å². The molecular weight excluding hydrogens is 208 g/mol. The predicted molar refractivity (Wildman–Crippen MR) is 55.4 cm³/mol. The molecule has 1 N–H and O–H groups in total. The molecule has 0 aliphatic carbocycles. The fraction of sp³-hybridized carbons (Fsp3) is 0.200. The molecule has 0 aliphatic heterocycles. The number of nitriles is 1. The van der Waals surface area contributed by atoms with E-state index in [-0.39, 0.29) is 6.42 Å². The summed E-state index contributed by atoms with van der Waals surface area (Å²) in [5.74, 6) is -1.16. The largest absolute Gasteiger partial charge is 0.481 e. The fourth-order valence-corrected chi connectivity index (χ4v) is 1.18. The van der Waals surface area contributed by atoms with Gasteiger partial charge in [0.1, 0.15) is 6.04 Å². The molecule has 1 rings (SSSR count). The van der Waals surface area contributed by atoms with Gasteiger partial charge in [0.25, 0.3) is 0 Å². The van der Waals surface area contributed by atoms with Crippen LogP contribution in [0.2, 0.25) is 0 Å². The standard InChI is InChI=1S/C10H8N4O2/c11-6-8-3-1-7(2-4-8)5-9(10(15)16)13-14-12/h1-4,9H,5H2,(H,15,16). The van der Waals surface area contributed by atoms with E-state index < -0.39 is 12.0 Å². The van der Waals surface area contributed by atoms with Crippen molar-refractivity contribution in [3.8, 4) is 6.07 Å². The van der Waals surface area contributed by atoms with Crippen LogP contribution >= 0.6 is 0 Å². The second-order valence-electron chi connectivity index (χ2n) is 3.07. The second-order valence-corrected chi connectivity index (χ2v) is 3.07. The molecule has 80 valence electrons. The number of carbonyl (C=O) groups is 1. The van der Waals surface area contributed by atoms with Crippen molar-refractivity contribution >= 4 is 5.97 Å². The summed E-state index contributed by atoms with van der Waals surface area (Å²) in [4.78, 5) is 13.2. The molecule has 1 aromatic rings. The van der Waals surface area contributed by atoms with E-state index >= 15 is 0 Å². The van der Waals surface area contributed by atoms with Gasteiger partial charge in [-0.05, 0) is 29.6 Å². The smallest absolute Gasteiger partial charge is 0.312 e. The van der Waals surface area contributed by atoms with Crippen LogP contribution in [0.15, 0.2) is 29.4 Å². The molecule has 1 unspecified atom stereocenters. The Kier molecular flexibility index (Phi) is 3.90. The van der Waals surface area contributed by atoms with Gasteiger partial charge < -0.3 is 5.11 Å². The molecule has 6 heteroatoms. The van der Waals surface area contributed by atoms with E-state index in [9.17, 15) is 4.79 Å². The number of nitrogens with zero attached hydrogens (tertiary/aromatic N) is 4. The van der Waals surface area contributed by atoms with Crippen LogP contribution < -0.4 is 0 Å². The first-order valence-electron chi connectivity index (χ1n) is 4.43. The van der Waals surface area contributed by atoms with Gasteiger partial charge in [-0.3, -0.25) is 4.79 Å². The van der Waals surface area contributed by atoms with Gasteiger partial charge in [0.2, 0.25) is 0 Å². The number of carboxylic acid groups (broad SMARTS) is 1. The number of azide groups is 1. The van der Waals surface area contributed by atoms with E-state index in [1.165, 1.54) is 0 Å². The van der Waals surface area contributed by atoms with E-state index in [1.807, 2.05) is 6.07 Å². The Bertz CT molecular complexity index is 467. The zero-order chi connectivity index (χ0) is 12.0. The van der Waals surface area contributed by atoms with Crippen LogP contribution in [0.5, 0.6) is 0 Å². The molecule has 1 atom stereocenters. The van der Waals surface area contributed by atoms with Gasteiger partial charge in [-0.2, -0.15) is 5.26 Å². The topological polar surface area (TPSA) is 110 Å². The van der Waals surface area contributed by atoms with Gasteiger partial charge in [0.05, 0.1) is 11.6 Å². The maximum atomic E-state index is 10.7. The van der Waals surface area contributed by atoms with Gasteiger partial charge in [-0.15, -0.1) is 0 Å². The second kappa shape index (κ2) is 5.39. The minimum atomic E-state index is -1.16. The third kappa shape index (κ3) is 3.01. The van der Waals surface area contributed by atoms with Crippen molar-refractivity contribution in [1.29, 1.82) is 5.26 Å². The average Bonchev–Trinajstić information content (AvgIpc) is 2.29. The van der Waals surface area contributed by atoms with Crippen LogP contribution in [-0.4, -0.2) is 17.1 Å². The molecule has 0 bridgehead atoms. The Labute approximate surface area is 91.4 Å². The summed E-state index contributed by atoms with van der Waals surface area (Å²) in [6, 6.07) is 7.30. The quantitative estimate of drug-likeness (QED) is 0.471. The van der Waals surface area contributed by atoms with Gasteiger partial charge in [-0.1, -0.05) is 17.2 Å². The minimum Gasteiger partial charge on any atom is -0.481 e. The van der Waals surface area contributed by atoms with E-state index in [0.29, 0.717) is 11.1 Å². The first-order chi connectivity index (χ1) is 7.67. The van der Waals surface area contributed by atoms with Gasteiger partial charge in [-0.25, -0.2) is 0 Å². The van der Waals surface area contributed by atoms with Crippen molar-refractivity contribution in [2.45, 2.75) is 12.5 Å². The molecule has 0 heterocycles. The lowest BCUT2D eigenvalue weighted by Crippen LogP contribution is -2.19. The minimum absolute atomic E-state index is 0.116. The molecule has 0 aromatic heterocycles.